The van der Waals surface area contributed by atoms with Crippen LogP contribution in [0.5, 0.6) is 0 Å². The van der Waals surface area contributed by atoms with Crippen LogP contribution in [0.4, 0.5) is 0 Å². The lowest BCUT2D eigenvalue weighted by atomic mass is 9.53. The van der Waals surface area contributed by atoms with E-state index in [-0.39, 0.29) is 23.7 Å². The fourth-order valence-corrected chi connectivity index (χ4v) is 6.76. The van der Waals surface area contributed by atoms with Gasteiger partial charge in [-0.3, -0.25) is 0 Å². The van der Waals surface area contributed by atoms with Crippen molar-refractivity contribution >= 4 is 17.5 Å². The molecule has 0 saturated carbocycles. The molecule has 0 amide bonds. The molecule has 0 aliphatic heterocycles. The first-order valence-corrected chi connectivity index (χ1v) is 11.5. The van der Waals surface area contributed by atoms with Crippen LogP contribution in [0.15, 0.2) is 96.1 Å². The Kier molecular flexibility index (Phi) is 3.79. The molecule has 0 fully saturated rings. The van der Waals surface area contributed by atoms with Crippen molar-refractivity contribution in [2.24, 2.45) is 5.92 Å². The molecular formula is C30H20O4. The van der Waals surface area contributed by atoms with Gasteiger partial charge in [0.25, 0.3) is 0 Å². The van der Waals surface area contributed by atoms with Crippen molar-refractivity contribution in [1.82, 2.24) is 0 Å². The number of carboxylic acid groups (broad SMARTS) is 2. The molecule has 10 rings (SSSR count). The van der Waals surface area contributed by atoms with Gasteiger partial charge in [-0.25, -0.2) is 9.59 Å². The highest BCUT2D eigenvalue weighted by Gasteiger charge is 2.50. The molecular weight excluding hydrogens is 424 g/mol. The molecule has 0 radical (unpaired) electrons. The summed E-state index contributed by atoms with van der Waals surface area (Å²) in [6.45, 7) is 0. The molecule has 3 aromatic rings. The highest BCUT2D eigenvalue weighted by molar-refractivity contribution is 5.94. The number of allylic oxidation sites excluding steroid dienone is 4. The van der Waals surface area contributed by atoms with Gasteiger partial charge in [0.05, 0.1) is 11.1 Å². The molecule has 164 valence electrons. The van der Waals surface area contributed by atoms with Crippen LogP contribution in [0.1, 0.15) is 61.5 Å². The second kappa shape index (κ2) is 6.67. The van der Waals surface area contributed by atoms with Crippen LogP contribution in [-0.4, -0.2) is 22.2 Å². The van der Waals surface area contributed by atoms with E-state index in [4.69, 9.17) is 0 Å². The molecule has 4 unspecified atom stereocenters. The Morgan fingerprint density at radius 1 is 0.706 bits per heavy atom. The van der Waals surface area contributed by atoms with Gasteiger partial charge in [0.2, 0.25) is 0 Å². The SMILES string of the molecule is O=C(O)C1=CC2C(=C3c4ccccc4C2C2c4ccccc4C3c3cc(C(=O)O)ccc32)C=C1. The average Bonchev–Trinajstić information content (AvgIpc) is 2.84. The van der Waals surface area contributed by atoms with Gasteiger partial charge in [-0.05, 0) is 62.7 Å². The van der Waals surface area contributed by atoms with E-state index in [1.807, 2.05) is 24.3 Å². The van der Waals surface area contributed by atoms with Crippen molar-refractivity contribution in [3.8, 4) is 0 Å². The Morgan fingerprint density at radius 2 is 1.41 bits per heavy atom. The maximum atomic E-state index is 11.9. The number of aliphatic carboxylic acids is 1. The number of benzene rings is 3. The monoisotopic (exact) mass is 444 g/mol. The van der Waals surface area contributed by atoms with Crippen LogP contribution in [0.3, 0.4) is 0 Å². The Hall–Kier alpha value is -4.18. The number of carboxylic acids is 2. The van der Waals surface area contributed by atoms with Crippen LogP contribution in [0, 0.1) is 5.92 Å². The summed E-state index contributed by atoms with van der Waals surface area (Å²) < 4.78 is 0. The Bertz CT molecular complexity index is 1540. The van der Waals surface area contributed by atoms with Crippen molar-refractivity contribution in [2.75, 3.05) is 0 Å². The number of carbonyl (C=O) groups is 2. The van der Waals surface area contributed by atoms with Crippen molar-refractivity contribution in [1.29, 1.82) is 0 Å². The fourth-order valence-electron chi connectivity index (χ4n) is 6.76. The lowest BCUT2D eigenvalue weighted by molar-refractivity contribution is -0.132. The first-order valence-electron chi connectivity index (χ1n) is 11.5. The lowest BCUT2D eigenvalue weighted by Crippen LogP contribution is -2.36. The zero-order chi connectivity index (χ0) is 23.1. The normalized spacial score (nSPS) is 24.9. The second-order valence-electron chi connectivity index (χ2n) is 9.46. The first kappa shape index (κ1) is 19.3. The summed E-state index contributed by atoms with van der Waals surface area (Å²) in [6.07, 6.45) is 5.61. The summed E-state index contributed by atoms with van der Waals surface area (Å²) in [5.74, 6) is -2.03. The van der Waals surface area contributed by atoms with Gasteiger partial charge in [0, 0.05) is 23.7 Å². The van der Waals surface area contributed by atoms with Crippen molar-refractivity contribution < 1.29 is 19.8 Å². The van der Waals surface area contributed by atoms with Crippen LogP contribution in [0.2, 0.25) is 0 Å². The summed E-state index contributed by atoms with van der Waals surface area (Å²) >= 11 is 0. The molecule has 0 spiro atoms. The summed E-state index contributed by atoms with van der Waals surface area (Å²) in [7, 11) is 0. The predicted molar refractivity (Wildman–Crippen MR) is 128 cm³/mol. The Morgan fingerprint density at radius 3 is 2.18 bits per heavy atom. The highest BCUT2D eigenvalue weighted by Crippen LogP contribution is 2.64. The predicted octanol–water partition coefficient (Wildman–Crippen LogP) is 5.72. The first-order chi connectivity index (χ1) is 16.5. The van der Waals surface area contributed by atoms with E-state index >= 15 is 0 Å². The molecule has 2 N–H and O–H groups in total. The van der Waals surface area contributed by atoms with E-state index in [2.05, 4.69) is 48.5 Å². The number of hydrogen-bond acceptors (Lipinski definition) is 2. The van der Waals surface area contributed by atoms with Gasteiger partial charge in [-0.15, -0.1) is 0 Å². The highest BCUT2D eigenvalue weighted by atomic mass is 16.4. The van der Waals surface area contributed by atoms with Gasteiger partial charge in [0.15, 0.2) is 0 Å². The molecule has 7 aliphatic carbocycles. The maximum absolute atomic E-state index is 11.9. The van der Waals surface area contributed by atoms with Crippen LogP contribution in [0.25, 0.3) is 5.57 Å². The summed E-state index contributed by atoms with van der Waals surface area (Å²) in [5, 5.41) is 19.5. The van der Waals surface area contributed by atoms with Crippen LogP contribution >= 0.6 is 0 Å². The van der Waals surface area contributed by atoms with E-state index in [0.717, 1.165) is 22.3 Å². The number of aromatic carboxylic acids is 1. The van der Waals surface area contributed by atoms with E-state index in [0.29, 0.717) is 11.1 Å². The minimum Gasteiger partial charge on any atom is -0.478 e. The molecule has 0 heterocycles. The molecule has 4 bridgehead atoms. The van der Waals surface area contributed by atoms with Crippen molar-refractivity contribution in [2.45, 2.75) is 17.8 Å². The second-order valence-corrected chi connectivity index (χ2v) is 9.46. The van der Waals surface area contributed by atoms with Crippen LogP contribution < -0.4 is 0 Å². The minimum atomic E-state index is -0.929. The summed E-state index contributed by atoms with van der Waals surface area (Å²) in [5.41, 5.74) is 9.99. The van der Waals surface area contributed by atoms with Gasteiger partial charge in [-0.2, -0.15) is 0 Å². The zero-order valence-electron chi connectivity index (χ0n) is 18.1. The lowest BCUT2D eigenvalue weighted by Gasteiger charge is -2.50. The standard InChI is InChI=1S/C30H20O4/c31-29(32)15-9-11-21-23(13-15)27-19-7-3-1-5-17(19)25(21)28-20-8-4-2-6-18(20)26(27)22-12-10-16(30(33)34)14-24(22)28/h1-14,23,26-28H,(H,31,32)(H,33,34). The smallest absolute Gasteiger partial charge is 0.335 e. The van der Waals surface area contributed by atoms with Crippen molar-refractivity contribution in [3.63, 3.8) is 0 Å². The molecule has 0 aromatic heterocycles. The molecule has 7 aliphatic rings. The quantitative estimate of drug-likeness (QED) is 0.530. The molecule has 0 saturated heterocycles. The molecule has 4 heteroatoms. The fraction of sp³-hybridized carbons (Fsp3) is 0.133. The van der Waals surface area contributed by atoms with Crippen molar-refractivity contribution in [3.05, 3.63) is 135 Å². The Labute approximate surface area is 196 Å². The van der Waals surface area contributed by atoms with Gasteiger partial charge in [0.1, 0.15) is 0 Å². The molecule has 3 aromatic carbocycles. The van der Waals surface area contributed by atoms with Gasteiger partial charge in [-0.1, -0.05) is 66.7 Å². The number of hydrogen-bond donors (Lipinski definition) is 2. The topological polar surface area (TPSA) is 74.6 Å². The van der Waals surface area contributed by atoms with E-state index in [1.54, 1.807) is 12.1 Å². The molecule has 34 heavy (non-hydrogen) atoms. The molecule has 4 atom stereocenters. The largest absolute Gasteiger partial charge is 0.478 e. The Balaban J connectivity index is 1.64. The maximum Gasteiger partial charge on any atom is 0.335 e. The average molecular weight is 444 g/mol. The third kappa shape index (κ3) is 2.37. The van der Waals surface area contributed by atoms with E-state index in [9.17, 15) is 19.8 Å². The third-order valence-corrected chi connectivity index (χ3v) is 7.99. The zero-order valence-corrected chi connectivity index (χ0v) is 18.1. The van der Waals surface area contributed by atoms with Gasteiger partial charge < -0.3 is 10.2 Å². The summed E-state index contributed by atoms with van der Waals surface area (Å²) in [4.78, 5) is 23.8. The van der Waals surface area contributed by atoms with E-state index in [1.165, 1.54) is 22.3 Å². The van der Waals surface area contributed by atoms with E-state index < -0.39 is 11.9 Å². The van der Waals surface area contributed by atoms with Crippen LogP contribution in [-0.2, 0) is 4.79 Å². The molecule has 4 nitrogen and oxygen atoms in total. The minimum absolute atomic E-state index is 0.00563. The number of rotatable bonds is 2. The van der Waals surface area contributed by atoms with Gasteiger partial charge >= 0.3 is 11.9 Å². The summed E-state index contributed by atoms with van der Waals surface area (Å²) in [6, 6.07) is 22.5. The third-order valence-electron chi connectivity index (χ3n) is 7.99.